The molecule has 1 aliphatic heterocycles. The Balaban J connectivity index is 2.04. The molecule has 1 N–H and O–H groups in total. The van der Waals surface area contributed by atoms with Gasteiger partial charge in [-0.3, -0.25) is 0 Å². The molecule has 0 bridgehead atoms. The molecule has 0 saturated carbocycles. The van der Waals surface area contributed by atoms with Gasteiger partial charge in [0.05, 0.1) is 6.61 Å². The van der Waals surface area contributed by atoms with E-state index in [1.54, 1.807) is 6.20 Å². The summed E-state index contributed by atoms with van der Waals surface area (Å²) in [5.41, 5.74) is 0. The molecule has 0 spiro atoms. The first-order valence-corrected chi connectivity index (χ1v) is 5.36. The Hall–Kier alpha value is -0.490. The van der Waals surface area contributed by atoms with Crippen LogP contribution in [0.15, 0.2) is 11.6 Å². The highest BCUT2D eigenvalue weighted by Gasteiger charge is 2.38. The molecule has 1 fully saturated rings. The maximum Gasteiger partial charge on any atom is 0.163 e. The molecule has 2 heterocycles. The summed E-state index contributed by atoms with van der Waals surface area (Å²) in [4.78, 5) is 4.04. The molecule has 0 aromatic carbocycles. The molecule has 5 heteroatoms. The van der Waals surface area contributed by atoms with Crippen LogP contribution in [0.25, 0.3) is 0 Å². The normalized spacial score (nSPS) is 27.8. The SMILES string of the molecule is CC1(C)OC[C@@H]([C@@H](O)c2nccs2)O1. The zero-order valence-electron chi connectivity index (χ0n) is 8.14. The van der Waals surface area contributed by atoms with E-state index in [1.165, 1.54) is 11.3 Å². The summed E-state index contributed by atoms with van der Waals surface area (Å²) in [6.45, 7) is 4.08. The van der Waals surface area contributed by atoms with Crippen LogP contribution in [0.2, 0.25) is 0 Å². The number of aromatic nitrogens is 1. The van der Waals surface area contributed by atoms with Gasteiger partial charge >= 0.3 is 0 Å². The fourth-order valence-corrected chi connectivity index (χ4v) is 2.08. The van der Waals surface area contributed by atoms with Gasteiger partial charge in [0.2, 0.25) is 0 Å². The Morgan fingerprint density at radius 1 is 1.71 bits per heavy atom. The zero-order chi connectivity index (χ0) is 10.2. The van der Waals surface area contributed by atoms with Crippen LogP contribution in [-0.2, 0) is 9.47 Å². The monoisotopic (exact) mass is 215 g/mol. The maximum absolute atomic E-state index is 9.88. The van der Waals surface area contributed by atoms with Crippen LogP contribution in [0.4, 0.5) is 0 Å². The molecule has 2 rings (SSSR count). The molecule has 4 nitrogen and oxygen atoms in total. The third-order valence-electron chi connectivity index (χ3n) is 2.09. The number of ether oxygens (including phenoxy) is 2. The second kappa shape index (κ2) is 3.58. The van der Waals surface area contributed by atoms with Gasteiger partial charge in [0, 0.05) is 11.6 Å². The second-order valence-electron chi connectivity index (χ2n) is 3.68. The molecule has 14 heavy (non-hydrogen) atoms. The highest BCUT2D eigenvalue weighted by molar-refractivity contribution is 7.09. The standard InChI is InChI=1S/C9H13NO3S/c1-9(2)12-5-6(13-9)7(11)8-10-3-4-14-8/h3-4,6-7,11H,5H2,1-2H3/t6-,7+/m0/s1. The maximum atomic E-state index is 9.88. The van der Waals surface area contributed by atoms with Gasteiger partial charge in [-0.2, -0.15) is 0 Å². The van der Waals surface area contributed by atoms with E-state index in [1.807, 2.05) is 19.2 Å². The van der Waals surface area contributed by atoms with Crippen molar-refractivity contribution in [1.29, 1.82) is 0 Å². The summed E-state index contributed by atoms with van der Waals surface area (Å²) in [6.07, 6.45) is 0.678. The van der Waals surface area contributed by atoms with Gasteiger partial charge in [-0.25, -0.2) is 4.98 Å². The molecule has 1 aliphatic rings. The predicted octanol–water partition coefficient (Wildman–Crippen LogP) is 1.33. The Morgan fingerprint density at radius 2 is 2.50 bits per heavy atom. The van der Waals surface area contributed by atoms with E-state index >= 15 is 0 Å². The summed E-state index contributed by atoms with van der Waals surface area (Å²) in [7, 11) is 0. The van der Waals surface area contributed by atoms with Crippen LogP contribution in [0.3, 0.4) is 0 Å². The van der Waals surface area contributed by atoms with Gasteiger partial charge in [-0.05, 0) is 13.8 Å². The minimum absolute atomic E-state index is 0.309. The summed E-state index contributed by atoms with van der Waals surface area (Å²) in [6, 6.07) is 0. The van der Waals surface area contributed by atoms with Crippen molar-refractivity contribution in [2.75, 3.05) is 6.61 Å². The van der Waals surface area contributed by atoms with E-state index in [0.29, 0.717) is 11.6 Å². The topological polar surface area (TPSA) is 51.6 Å². The van der Waals surface area contributed by atoms with Gasteiger partial charge in [-0.15, -0.1) is 11.3 Å². The second-order valence-corrected chi connectivity index (χ2v) is 4.61. The lowest BCUT2D eigenvalue weighted by molar-refractivity contribution is -0.151. The average molecular weight is 215 g/mol. The smallest absolute Gasteiger partial charge is 0.163 e. The minimum Gasteiger partial charge on any atom is -0.383 e. The average Bonchev–Trinajstić information content (AvgIpc) is 2.72. The third-order valence-corrected chi connectivity index (χ3v) is 2.93. The van der Waals surface area contributed by atoms with Crippen molar-refractivity contribution in [2.24, 2.45) is 0 Å². The molecule has 78 valence electrons. The van der Waals surface area contributed by atoms with Crippen LogP contribution < -0.4 is 0 Å². The number of hydrogen-bond donors (Lipinski definition) is 1. The lowest BCUT2D eigenvalue weighted by atomic mass is 10.2. The van der Waals surface area contributed by atoms with Crippen molar-refractivity contribution in [1.82, 2.24) is 4.98 Å². The number of aliphatic hydroxyl groups is 1. The molecule has 0 radical (unpaired) electrons. The van der Waals surface area contributed by atoms with Crippen molar-refractivity contribution in [3.05, 3.63) is 16.6 Å². The first kappa shape index (κ1) is 10.0. The van der Waals surface area contributed by atoms with Crippen molar-refractivity contribution in [3.8, 4) is 0 Å². The fourth-order valence-electron chi connectivity index (χ4n) is 1.41. The van der Waals surface area contributed by atoms with E-state index in [2.05, 4.69) is 4.98 Å². The molecule has 0 aliphatic carbocycles. The fraction of sp³-hybridized carbons (Fsp3) is 0.667. The Labute approximate surface area is 86.5 Å². The number of hydrogen-bond acceptors (Lipinski definition) is 5. The van der Waals surface area contributed by atoms with Gasteiger partial charge < -0.3 is 14.6 Å². The van der Waals surface area contributed by atoms with Crippen LogP contribution >= 0.6 is 11.3 Å². The first-order chi connectivity index (χ1) is 6.58. The summed E-state index contributed by atoms with van der Waals surface area (Å²) in [5.74, 6) is -0.594. The van der Waals surface area contributed by atoms with Gasteiger partial charge in [0.15, 0.2) is 5.79 Å². The van der Waals surface area contributed by atoms with E-state index < -0.39 is 11.9 Å². The van der Waals surface area contributed by atoms with Crippen LogP contribution in [0, 0.1) is 0 Å². The largest absolute Gasteiger partial charge is 0.383 e. The summed E-state index contributed by atoms with van der Waals surface area (Å²) >= 11 is 1.42. The van der Waals surface area contributed by atoms with E-state index in [4.69, 9.17) is 9.47 Å². The molecule has 2 atom stereocenters. The summed E-state index contributed by atoms with van der Waals surface area (Å²) < 4.78 is 10.9. The quantitative estimate of drug-likeness (QED) is 0.808. The van der Waals surface area contributed by atoms with Gasteiger partial charge in [0.25, 0.3) is 0 Å². The van der Waals surface area contributed by atoms with Crippen molar-refractivity contribution < 1.29 is 14.6 Å². The van der Waals surface area contributed by atoms with Crippen molar-refractivity contribution >= 4 is 11.3 Å². The van der Waals surface area contributed by atoms with E-state index in [0.717, 1.165) is 0 Å². The minimum atomic E-state index is -0.684. The molecule has 1 saturated heterocycles. The van der Waals surface area contributed by atoms with Crippen LogP contribution in [0.1, 0.15) is 25.0 Å². The number of nitrogens with zero attached hydrogens (tertiary/aromatic N) is 1. The third kappa shape index (κ3) is 1.95. The number of aliphatic hydroxyl groups excluding tert-OH is 1. The highest BCUT2D eigenvalue weighted by atomic mass is 32.1. The van der Waals surface area contributed by atoms with Crippen LogP contribution in [0.5, 0.6) is 0 Å². The molecular formula is C9H13NO3S. The van der Waals surface area contributed by atoms with E-state index in [-0.39, 0.29) is 6.10 Å². The molecular weight excluding hydrogens is 202 g/mol. The molecule has 0 amide bonds. The van der Waals surface area contributed by atoms with Gasteiger partial charge in [0.1, 0.15) is 17.2 Å². The zero-order valence-corrected chi connectivity index (χ0v) is 8.95. The van der Waals surface area contributed by atoms with Crippen LogP contribution in [-0.4, -0.2) is 28.6 Å². The van der Waals surface area contributed by atoms with Crippen molar-refractivity contribution in [2.45, 2.75) is 31.8 Å². The number of thiazole rings is 1. The lowest BCUT2D eigenvalue weighted by Gasteiger charge is -2.19. The number of rotatable bonds is 2. The van der Waals surface area contributed by atoms with E-state index in [9.17, 15) is 5.11 Å². The molecule has 1 aromatic heterocycles. The first-order valence-electron chi connectivity index (χ1n) is 4.48. The Bertz CT molecular complexity index is 299. The Kier molecular flexibility index (Phi) is 2.57. The summed E-state index contributed by atoms with van der Waals surface area (Å²) in [5, 5.41) is 12.4. The predicted molar refractivity (Wildman–Crippen MR) is 52.0 cm³/mol. The van der Waals surface area contributed by atoms with Crippen molar-refractivity contribution in [3.63, 3.8) is 0 Å². The molecule has 0 unspecified atom stereocenters. The molecule has 1 aromatic rings. The lowest BCUT2D eigenvalue weighted by Crippen LogP contribution is -2.25. The highest BCUT2D eigenvalue weighted by Crippen LogP contribution is 2.31. The Morgan fingerprint density at radius 3 is 3.00 bits per heavy atom. The van der Waals surface area contributed by atoms with Gasteiger partial charge in [-0.1, -0.05) is 0 Å².